The van der Waals surface area contributed by atoms with Crippen molar-refractivity contribution in [2.45, 2.75) is 212 Å². The normalized spacial score (nSPS) is 14.3. The third-order valence-electron chi connectivity index (χ3n) is 10.5. The molecule has 0 aromatic heterocycles. The Morgan fingerprint density at radius 2 is 0.919 bits per heavy atom. The van der Waals surface area contributed by atoms with Crippen LogP contribution in [0.25, 0.3) is 0 Å². The van der Waals surface area contributed by atoms with Crippen molar-refractivity contribution in [3.8, 4) is 0 Å². The smallest absolute Gasteiger partial charge is 0.306 e. The van der Waals surface area contributed by atoms with E-state index in [9.17, 15) is 19.8 Å². The lowest BCUT2D eigenvalue weighted by atomic mass is 10.0. The zero-order chi connectivity index (χ0) is 45.2. The minimum Gasteiger partial charge on any atom is -0.462 e. The average molecular weight is 858 g/mol. The van der Waals surface area contributed by atoms with Crippen molar-refractivity contribution in [2.24, 2.45) is 0 Å². The molecule has 0 spiro atoms. The predicted molar refractivity (Wildman–Crippen MR) is 268 cm³/mol. The molecule has 3 unspecified atom stereocenters. The van der Waals surface area contributed by atoms with Crippen molar-refractivity contribution in [1.29, 1.82) is 0 Å². The van der Waals surface area contributed by atoms with Crippen LogP contribution in [0.1, 0.15) is 194 Å². The monoisotopic (exact) mass is 858 g/mol. The van der Waals surface area contributed by atoms with Crippen molar-refractivity contribution >= 4 is 11.9 Å². The van der Waals surface area contributed by atoms with Crippen LogP contribution < -0.4 is 5.32 Å². The first kappa shape index (κ1) is 58.3. The predicted octanol–water partition coefficient (Wildman–Crippen LogP) is 14.9. The van der Waals surface area contributed by atoms with Crippen molar-refractivity contribution in [2.75, 3.05) is 6.61 Å². The Hall–Kier alpha value is -3.74. The van der Waals surface area contributed by atoms with Gasteiger partial charge >= 0.3 is 5.97 Å². The van der Waals surface area contributed by atoms with Crippen molar-refractivity contribution in [1.82, 2.24) is 5.32 Å². The molecule has 6 nitrogen and oxygen atoms in total. The van der Waals surface area contributed by atoms with E-state index in [0.717, 1.165) is 83.5 Å². The maximum Gasteiger partial charge on any atom is 0.306 e. The first-order valence-electron chi connectivity index (χ1n) is 24.9. The third-order valence-corrected chi connectivity index (χ3v) is 10.5. The van der Waals surface area contributed by atoms with E-state index in [1.54, 1.807) is 0 Å². The van der Waals surface area contributed by atoms with Crippen LogP contribution in [0, 0.1) is 0 Å². The molecule has 0 aliphatic heterocycles. The lowest BCUT2D eigenvalue weighted by Gasteiger charge is -2.24. The van der Waals surface area contributed by atoms with Gasteiger partial charge in [-0.25, -0.2) is 0 Å². The Kier molecular flexibility index (Phi) is 45.4. The van der Waals surface area contributed by atoms with E-state index in [-0.39, 0.29) is 24.9 Å². The highest BCUT2D eigenvalue weighted by atomic mass is 16.5. The van der Waals surface area contributed by atoms with Gasteiger partial charge in [-0.3, -0.25) is 9.59 Å². The van der Waals surface area contributed by atoms with Gasteiger partial charge in [0, 0.05) is 6.42 Å². The minimum atomic E-state index is -0.819. The fourth-order valence-corrected chi connectivity index (χ4v) is 6.78. The Bertz CT molecular complexity index is 1330. The van der Waals surface area contributed by atoms with Crippen LogP contribution in [0.5, 0.6) is 0 Å². The number of amides is 1. The summed E-state index contributed by atoms with van der Waals surface area (Å²) in [5, 5.41) is 23.7. The van der Waals surface area contributed by atoms with Crippen LogP contribution >= 0.6 is 0 Å². The van der Waals surface area contributed by atoms with Crippen molar-refractivity contribution in [3.05, 3.63) is 122 Å². The number of allylic oxidation sites excluding steroid dienone is 20. The first-order chi connectivity index (χ1) is 30.5. The van der Waals surface area contributed by atoms with E-state index in [4.69, 9.17) is 4.74 Å². The van der Waals surface area contributed by atoms with E-state index in [1.807, 2.05) is 79.0 Å². The zero-order valence-corrected chi connectivity index (χ0v) is 39.7. The highest BCUT2D eigenvalue weighted by molar-refractivity contribution is 5.77. The van der Waals surface area contributed by atoms with Gasteiger partial charge in [-0.05, 0) is 57.8 Å². The molecular weight excluding hydrogens is 767 g/mol. The second kappa shape index (κ2) is 48.3. The number of rotatable bonds is 42. The molecule has 1 amide bonds. The molecule has 6 heteroatoms. The fourth-order valence-electron chi connectivity index (χ4n) is 6.78. The van der Waals surface area contributed by atoms with Crippen molar-refractivity contribution < 1.29 is 24.5 Å². The Morgan fingerprint density at radius 3 is 1.42 bits per heavy atom. The van der Waals surface area contributed by atoms with Crippen LogP contribution in [0.4, 0.5) is 0 Å². The number of hydrogen-bond donors (Lipinski definition) is 3. The molecule has 0 aromatic rings. The topological polar surface area (TPSA) is 95.9 Å². The molecule has 0 saturated heterocycles. The van der Waals surface area contributed by atoms with E-state index >= 15 is 0 Å². The summed E-state index contributed by atoms with van der Waals surface area (Å²) in [4.78, 5) is 26.1. The first-order valence-corrected chi connectivity index (χ1v) is 24.9. The Balaban J connectivity index is 4.76. The Labute approximate surface area is 380 Å². The number of nitrogens with one attached hydrogen (secondary N) is 1. The summed E-state index contributed by atoms with van der Waals surface area (Å²) < 4.78 is 5.88. The fraction of sp³-hybridized carbons (Fsp3) is 0.607. The quantitative estimate of drug-likeness (QED) is 0.0323. The summed E-state index contributed by atoms with van der Waals surface area (Å²) in [6, 6.07) is -0.738. The highest BCUT2D eigenvalue weighted by Crippen LogP contribution is 2.16. The van der Waals surface area contributed by atoms with Crippen LogP contribution in [0.15, 0.2) is 122 Å². The van der Waals surface area contributed by atoms with E-state index in [0.29, 0.717) is 19.3 Å². The number of carbonyl (C=O) groups is 2. The highest BCUT2D eigenvalue weighted by Gasteiger charge is 2.24. The molecule has 0 bridgehead atoms. The van der Waals surface area contributed by atoms with Crippen LogP contribution in [-0.4, -0.2) is 46.9 Å². The standard InChI is InChI=1S/C56H91NO5/c1-4-7-10-13-16-19-22-25-26-27-28-29-31-34-37-40-43-46-49-56(61)62-52(47-44-41-38-35-32-30-23-20-17-14-11-8-5-2)50-55(60)57-53(51-58)54(59)48-45-42-39-36-33-24-21-18-15-12-9-6-3/h8,10-11,13-14,16-17,19-20,22-23,25-30,32,35,38,52-54,58-59H,4-7,9,12,15,18,21,24,31,33-34,36-37,39-51H2,1-3H3,(H,57,60)/b11-8+,13-10+,17-14+,19-16+,23-20-,25-22+,27-26+,29-28+,32-30-,38-35+. The molecule has 0 aliphatic rings. The molecule has 0 aromatic carbocycles. The average Bonchev–Trinajstić information content (AvgIpc) is 3.26. The molecule has 3 atom stereocenters. The number of hydrogen-bond acceptors (Lipinski definition) is 5. The van der Waals surface area contributed by atoms with E-state index < -0.39 is 18.2 Å². The molecule has 0 aliphatic carbocycles. The molecule has 0 radical (unpaired) electrons. The lowest BCUT2D eigenvalue weighted by molar-refractivity contribution is -0.151. The summed E-state index contributed by atoms with van der Waals surface area (Å²) in [5.41, 5.74) is 0. The number of ether oxygens (including phenoxy) is 1. The molecule has 0 saturated carbocycles. The number of carbonyl (C=O) groups excluding carboxylic acids is 2. The molecule has 350 valence electrons. The van der Waals surface area contributed by atoms with Gasteiger partial charge in [-0.2, -0.15) is 0 Å². The molecule has 0 fully saturated rings. The van der Waals surface area contributed by atoms with Gasteiger partial charge in [0.2, 0.25) is 5.91 Å². The Morgan fingerprint density at radius 1 is 0.484 bits per heavy atom. The van der Waals surface area contributed by atoms with Crippen LogP contribution in [0.2, 0.25) is 0 Å². The second-order valence-electron chi connectivity index (χ2n) is 16.4. The van der Waals surface area contributed by atoms with E-state index in [1.165, 1.54) is 64.2 Å². The molecular formula is C56H91NO5. The summed E-state index contributed by atoms with van der Waals surface area (Å²) >= 11 is 0. The van der Waals surface area contributed by atoms with Crippen LogP contribution in [-0.2, 0) is 14.3 Å². The number of unbranched alkanes of at least 4 members (excludes halogenated alkanes) is 18. The van der Waals surface area contributed by atoms with Gasteiger partial charge in [0.15, 0.2) is 0 Å². The van der Waals surface area contributed by atoms with Gasteiger partial charge in [-0.1, -0.05) is 245 Å². The largest absolute Gasteiger partial charge is 0.462 e. The lowest BCUT2D eigenvalue weighted by Crippen LogP contribution is -2.46. The minimum absolute atomic E-state index is 0.00963. The SMILES string of the molecule is CC/C=C/C=C/C=C\C=C/C=C/CCCC(CC(=O)NC(CO)C(O)CCCCCCCCCCCCCC)OC(=O)CCCCCCC/C=C/C=C/C=C/C=C/C=C/CCC. The number of aliphatic hydroxyl groups excluding tert-OH is 2. The summed E-state index contributed by atoms with van der Waals surface area (Å²) in [6.45, 7) is 6.20. The molecule has 0 rings (SSSR count). The maximum absolute atomic E-state index is 13.2. The van der Waals surface area contributed by atoms with Gasteiger partial charge in [-0.15, -0.1) is 0 Å². The van der Waals surface area contributed by atoms with Gasteiger partial charge in [0.05, 0.1) is 25.2 Å². The number of aliphatic hydroxyl groups is 2. The van der Waals surface area contributed by atoms with Gasteiger partial charge < -0.3 is 20.3 Å². The molecule has 62 heavy (non-hydrogen) atoms. The molecule has 3 N–H and O–H groups in total. The molecule has 0 heterocycles. The number of esters is 1. The second-order valence-corrected chi connectivity index (χ2v) is 16.4. The van der Waals surface area contributed by atoms with Crippen molar-refractivity contribution in [3.63, 3.8) is 0 Å². The van der Waals surface area contributed by atoms with Gasteiger partial charge in [0.25, 0.3) is 0 Å². The zero-order valence-electron chi connectivity index (χ0n) is 39.7. The maximum atomic E-state index is 13.2. The van der Waals surface area contributed by atoms with Crippen LogP contribution in [0.3, 0.4) is 0 Å². The summed E-state index contributed by atoms with van der Waals surface area (Å²) in [6.07, 6.45) is 66.8. The third kappa shape index (κ3) is 42.9. The summed E-state index contributed by atoms with van der Waals surface area (Å²) in [5.74, 6) is -0.589. The summed E-state index contributed by atoms with van der Waals surface area (Å²) in [7, 11) is 0. The van der Waals surface area contributed by atoms with E-state index in [2.05, 4.69) is 68.6 Å². The van der Waals surface area contributed by atoms with Gasteiger partial charge in [0.1, 0.15) is 6.10 Å².